The first-order chi connectivity index (χ1) is 9.01. The van der Waals surface area contributed by atoms with Crippen molar-refractivity contribution >= 4 is 5.97 Å². The summed E-state index contributed by atoms with van der Waals surface area (Å²) < 4.78 is 0. The molecule has 0 aromatic rings. The van der Waals surface area contributed by atoms with Crippen LogP contribution in [0.2, 0.25) is 0 Å². The summed E-state index contributed by atoms with van der Waals surface area (Å²) in [7, 11) is 0. The van der Waals surface area contributed by atoms with Gasteiger partial charge in [-0.15, -0.1) is 0 Å². The zero-order chi connectivity index (χ0) is 14.3. The van der Waals surface area contributed by atoms with Crippen LogP contribution in [0, 0.1) is 11.8 Å². The summed E-state index contributed by atoms with van der Waals surface area (Å²) in [4.78, 5) is 13.3. The van der Waals surface area contributed by atoms with Crippen molar-refractivity contribution in [3.63, 3.8) is 0 Å². The van der Waals surface area contributed by atoms with E-state index in [1.54, 1.807) is 0 Å². The Morgan fingerprint density at radius 2 is 2.16 bits per heavy atom. The van der Waals surface area contributed by atoms with Gasteiger partial charge in [-0.05, 0) is 31.2 Å². The molecule has 1 saturated heterocycles. The zero-order valence-electron chi connectivity index (χ0n) is 12.1. The number of carboxylic acids is 1. The van der Waals surface area contributed by atoms with E-state index in [9.17, 15) is 4.79 Å². The van der Waals surface area contributed by atoms with Gasteiger partial charge in [0.15, 0.2) is 0 Å². The maximum absolute atomic E-state index is 10.9. The molecule has 1 aliphatic rings. The normalized spacial score (nSPS) is 24.8. The summed E-state index contributed by atoms with van der Waals surface area (Å²) in [6.07, 6.45) is 1.93. The molecule has 1 aliphatic heterocycles. The van der Waals surface area contributed by atoms with Gasteiger partial charge in [-0.2, -0.15) is 0 Å². The molecule has 2 atom stereocenters. The molecule has 1 heterocycles. The van der Waals surface area contributed by atoms with Crippen LogP contribution < -0.4 is 5.32 Å². The number of piperidine rings is 1. The fraction of sp³-hybridized carbons (Fsp3) is 0.929. The third-order valence-corrected chi connectivity index (χ3v) is 3.47. The van der Waals surface area contributed by atoms with Gasteiger partial charge < -0.3 is 20.4 Å². The molecule has 3 N–H and O–H groups in total. The highest BCUT2D eigenvalue weighted by Gasteiger charge is 2.28. The number of aliphatic carboxylic acids is 1. The van der Waals surface area contributed by atoms with Crippen LogP contribution in [0.4, 0.5) is 0 Å². The molecule has 1 rings (SSSR count). The van der Waals surface area contributed by atoms with E-state index in [1.807, 2.05) is 0 Å². The summed E-state index contributed by atoms with van der Waals surface area (Å²) in [5.41, 5.74) is 0. The smallest absolute Gasteiger partial charge is 0.303 e. The Morgan fingerprint density at radius 1 is 1.42 bits per heavy atom. The summed E-state index contributed by atoms with van der Waals surface area (Å²) in [5.74, 6) is 0.129. The highest BCUT2D eigenvalue weighted by Crippen LogP contribution is 2.21. The number of nitrogens with one attached hydrogen (secondary N) is 1. The van der Waals surface area contributed by atoms with E-state index in [1.165, 1.54) is 0 Å². The van der Waals surface area contributed by atoms with Gasteiger partial charge in [-0.3, -0.25) is 4.79 Å². The van der Waals surface area contributed by atoms with Crippen molar-refractivity contribution in [2.24, 2.45) is 11.8 Å². The first-order valence-corrected chi connectivity index (χ1v) is 7.29. The maximum Gasteiger partial charge on any atom is 0.303 e. The van der Waals surface area contributed by atoms with Gasteiger partial charge in [-0.1, -0.05) is 13.8 Å². The van der Waals surface area contributed by atoms with Crippen LogP contribution in [0.25, 0.3) is 0 Å². The molecule has 0 spiro atoms. The second-order valence-corrected chi connectivity index (χ2v) is 6.04. The minimum absolute atomic E-state index is 0.202. The van der Waals surface area contributed by atoms with Crippen LogP contribution in [0.1, 0.15) is 33.1 Å². The number of rotatable bonds is 8. The highest BCUT2D eigenvalue weighted by atomic mass is 16.4. The molecule has 0 aliphatic carbocycles. The van der Waals surface area contributed by atoms with Crippen LogP contribution in [0.15, 0.2) is 0 Å². The molecule has 0 amide bonds. The second-order valence-electron chi connectivity index (χ2n) is 6.04. The average molecular weight is 272 g/mol. The summed E-state index contributed by atoms with van der Waals surface area (Å²) in [6.45, 7) is 8.28. The van der Waals surface area contributed by atoms with E-state index in [4.69, 9.17) is 10.2 Å². The SMILES string of the molecule is CC(C)CN1CC(CC(=O)O)CC(NCCCO)C1. The molecule has 0 saturated carbocycles. The van der Waals surface area contributed by atoms with Crippen molar-refractivity contribution in [3.8, 4) is 0 Å². The molecular weight excluding hydrogens is 244 g/mol. The number of aliphatic hydroxyl groups is 1. The minimum atomic E-state index is -0.703. The predicted molar refractivity (Wildman–Crippen MR) is 75.1 cm³/mol. The minimum Gasteiger partial charge on any atom is -0.481 e. The van der Waals surface area contributed by atoms with Gasteiger partial charge in [0.05, 0.1) is 0 Å². The third kappa shape index (κ3) is 6.89. The monoisotopic (exact) mass is 272 g/mol. The lowest BCUT2D eigenvalue weighted by Gasteiger charge is -2.38. The van der Waals surface area contributed by atoms with Gasteiger partial charge in [0, 0.05) is 38.7 Å². The summed E-state index contributed by atoms with van der Waals surface area (Å²) in [5, 5.41) is 21.2. The lowest BCUT2D eigenvalue weighted by molar-refractivity contribution is -0.138. The Balaban J connectivity index is 2.48. The molecule has 1 fully saturated rings. The van der Waals surface area contributed by atoms with Crippen LogP contribution in [0.5, 0.6) is 0 Å². The van der Waals surface area contributed by atoms with Gasteiger partial charge in [0.2, 0.25) is 0 Å². The lowest BCUT2D eigenvalue weighted by Crippen LogP contribution is -2.50. The van der Waals surface area contributed by atoms with E-state index in [0.29, 0.717) is 12.0 Å². The number of nitrogens with zero attached hydrogens (tertiary/aromatic N) is 1. The first-order valence-electron chi connectivity index (χ1n) is 7.29. The third-order valence-electron chi connectivity index (χ3n) is 3.47. The van der Waals surface area contributed by atoms with E-state index >= 15 is 0 Å². The topological polar surface area (TPSA) is 72.8 Å². The maximum atomic E-state index is 10.9. The Hall–Kier alpha value is -0.650. The van der Waals surface area contributed by atoms with Crippen molar-refractivity contribution in [3.05, 3.63) is 0 Å². The Bertz CT molecular complexity index is 271. The fourth-order valence-corrected chi connectivity index (χ4v) is 2.90. The Kier molecular flexibility index (Phi) is 7.34. The van der Waals surface area contributed by atoms with Crippen molar-refractivity contribution in [2.75, 3.05) is 32.8 Å². The molecule has 0 radical (unpaired) electrons. The van der Waals surface area contributed by atoms with Crippen molar-refractivity contribution in [1.29, 1.82) is 0 Å². The van der Waals surface area contributed by atoms with E-state index in [-0.39, 0.29) is 18.9 Å². The second kappa shape index (κ2) is 8.51. The predicted octanol–water partition coefficient (Wildman–Crippen LogP) is 0.780. The fourth-order valence-electron chi connectivity index (χ4n) is 2.90. The zero-order valence-corrected chi connectivity index (χ0v) is 12.1. The van der Waals surface area contributed by atoms with E-state index in [2.05, 4.69) is 24.1 Å². The standard InChI is InChI=1S/C14H28N2O3/c1-11(2)8-16-9-12(7-14(18)19)6-13(10-16)15-4-3-5-17/h11-13,15,17H,3-10H2,1-2H3,(H,18,19). The van der Waals surface area contributed by atoms with Crippen LogP contribution in [-0.4, -0.2) is 59.9 Å². The Labute approximate surface area is 116 Å². The molecule has 0 aromatic heterocycles. The quantitative estimate of drug-likeness (QED) is 0.570. The van der Waals surface area contributed by atoms with Gasteiger partial charge >= 0.3 is 5.97 Å². The van der Waals surface area contributed by atoms with Crippen molar-refractivity contribution in [2.45, 2.75) is 39.2 Å². The van der Waals surface area contributed by atoms with Crippen molar-refractivity contribution < 1.29 is 15.0 Å². The van der Waals surface area contributed by atoms with Crippen LogP contribution in [0.3, 0.4) is 0 Å². The molecule has 5 nitrogen and oxygen atoms in total. The van der Waals surface area contributed by atoms with Gasteiger partial charge in [0.1, 0.15) is 0 Å². The van der Waals surface area contributed by atoms with Gasteiger partial charge in [0.25, 0.3) is 0 Å². The first kappa shape index (κ1) is 16.4. The number of likely N-dealkylation sites (tertiary alicyclic amines) is 1. The summed E-state index contributed by atoms with van der Waals surface area (Å²) in [6, 6.07) is 0.350. The number of carboxylic acid groups (broad SMARTS) is 1. The van der Waals surface area contributed by atoms with Gasteiger partial charge in [-0.25, -0.2) is 0 Å². The number of hydrogen-bond acceptors (Lipinski definition) is 4. The average Bonchev–Trinajstić information content (AvgIpc) is 2.27. The van der Waals surface area contributed by atoms with E-state index in [0.717, 1.165) is 39.0 Å². The van der Waals surface area contributed by atoms with Crippen LogP contribution in [-0.2, 0) is 4.79 Å². The van der Waals surface area contributed by atoms with Crippen LogP contribution >= 0.6 is 0 Å². The molecular formula is C14H28N2O3. The summed E-state index contributed by atoms with van der Waals surface area (Å²) >= 11 is 0. The lowest BCUT2D eigenvalue weighted by atomic mass is 9.91. The largest absolute Gasteiger partial charge is 0.481 e. The number of hydrogen-bond donors (Lipinski definition) is 3. The molecule has 112 valence electrons. The number of carbonyl (C=O) groups is 1. The molecule has 0 aromatic carbocycles. The molecule has 19 heavy (non-hydrogen) atoms. The van der Waals surface area contributed by atoms with E-state index < -0.39 is 5.97 Å². The molecule has 5 heteroatoms. The van der Waals surface area contributed by atoms with Crippen molar-refractivity contribution in [1.82, 2.24) is 10.2 Å². The molecule has 0 bridgehead atoms. The Morgan fingerprint density at radius 3 is 2.74 bits per heavy atom. The highest BCUT2D eigenvalue weighted by molar-refractivity contribution is 5.67. The molecule has 2 unspecified atom stereocenters. The number of aliphatic hydroxyl groups excluding tert-OH is 1.